The minimum Gasteiger partial charge on any atom is -0.494 e. The second-order valence-electron chi connectivity index (χ2n) is 8.90. The number of nitrogens with one attached hydrogen (secondary N) is 1. The van der Waals surface area contributed by atoms with Crippen molar-refractivity contribution in [2.24, 2.45) is 0 Å². The summed E-state index contributed by atoms with van der Waals surface area (Å²) in [6.07, 6.45) is -2.95. The fourth-order valence-corrected chi connectivity index (χ4v) is 4.47. The van der Waals surface area contributed by atoms with Crippen molar-refractivity contribution in [1.82, 2.24) is 25.1 Å². The van der Waals surface area contributed by atoms with Gasteiger partial charge in [-0.25, -0.2) is 9.97 Å². The fraction of sp³-hybridized carbons (Fsp3) is 0.280. The van der Waals surface area contributed by atoms with Gasteiger partial charge in [0.1, 0.15) is 22.1 Å². The number of rotatable bonds is 10. The van der Waals surface area contributed by atoms with Gasteiger partial charge in [0.15, 0.2) is 5.01 Å². The first-order valence-electron chi connectivity index (χ1n) is 11.8. The SMILES string of the molecule is COc1cc(N(C)CCN(C)C)c([N+](=O)[O-])cc1Nc1nccc(-c2nnc(-c3ccc(C(F)(F)F)cc3)s2)n1. The Hall–Kier alpha value is -4.37. The molecule has 2 aromatic heterocycles. The van der Waals surface area contributed by atoms with E-state index >= 15 is 0 Å². The maximum absolute atomic E-state index is 12.9. The van der Waals surface area contributed by atoms with Crippen molar-refractivity contribution in [2.75, 3.05) is 51.6 Å². The van der Waals surface area contributed by atoms with Gasteiger partial charge in [0.25, 0.3) is 5.69 Å². The average Bonchev–Trinajstić information content (AvgIpc) is 3.42. The number of ether oxygens (including phenoxy) is 1. The molecule has 4 rings (SSSR count). The van der Waals surface area contributed by atoms with E-state index in [1.165, 1.54) is 31.5 Å². The molecule has 0 saturated heterocycles. The van der Waals surface area contributed by atoms with Crippen LogP contribution in [0.1, 0.15) is 5.56 Å². The molecule has 0 saturated carbocycles. The van der Waals surface area contributed by atoms with Crippen LogP contribution >= 0.6 is 11.3 Å². The van der Waals surface area contributed by atoms with Crippen LogP contribution in [0.5, 0.6) is 5.75 Å². The van der Waals surface area contributed by atoms with Crippen LogP contribution in [-0.2, 0) is 6.18 Å². The topological polar surface area (TPSA) is 122 Å². The van der Waals surface area contributed by atoms with Crippen LogP contribution in [0.25, 0.3) is 21.3 Å². The molecule has 210 valence electrons. The number of hydrogen-bond donors (Lipinski definition) is 1. The maximum atomic E-state index is 12.9. The molecule has 0 radical (unpaired) electrons. The molecule has 0 aliphatic rings. The zero-order valence-electron chi connectivity index (χ0n) is 21.9. The van der Waals surface area contributed by atoms with E-state index in [1.54, 1.807) is 24.1 Å². The van der Waals surface area contributed by atoms with Gasteiger partial charge >= 0.3 is 6.18 Å². The summed E-state index contributed by atoms with van der Waals surface area (Å²) in [5.74, 6) is 0.483. The van der Waals surface area contributed by atoms with Crippen LogP contribution < -0.4 is 15.0 Å². The summed E-state index contributed by atoms with van der Waals surface area (Å²) in [5, 5.41) is 23.9. The van der Waals surface area contributed by atoms with Crippen molar-refractivity contribution >= 4 is 34.3 Å². The van der Waals surface area contributed by atoms with Crippen LogP contribution in [0.3, 0.4) is 0 Å². The Kier molecular flexibility index (Phi) is 8.44. The molecule has 0 fully saturated rings. The van der Waals surface area contributed by atoms with Crippen LogP contribution in [0.4, 0.5) is 36.2 Å². The second kappa shape index (κ2) is 11.8. The maximum Gasteiger partial charge on any atom is 0.416 e. The molecule has 2 aromatic carbocycles. The molecule has 1 N–H and O–H groups in total. The predicted octanol–water partition coefficient (Wildman–Crippen LogP) is 5.34. The minimum atomic E-state index is -4.43. The van der Waals surface area contributed by atoms with Crippen molar-refractivity contribution in [2.45, 2.75) is 6.18 Å². The van der Waals surface area contributed by atoms with E-state index in [9.17, 15) is 23.3 Å². The highest BCUT2D eigenvalue weighted by Crippen LogP contribution is 2.39. The lowest BCUT2D eigenvalue weighted by Gasteiger charge is -2.22. The molecule has 0 aliphatic carbocycles. The van der Waals surface area contributed by atoms with Crippen molar-refractivity contribution in [3.8, 4) is 27.0 Å². The molecule has 0 amide bonds. The normalized spacial score (nSPS) is 11.5. The lowest BCUT2D eigenvalue weighted by atomic mass is 10.1. The molecule has 2 heterocycles. The lowest BCUT2D eigenvalue weighted by Crippen LogP contribution is -2.28. The Labute approximate surface area is 231 Å². The summed E-state index contributed by atoms with van der Waals surface area (Å²) < 4.78 is 44.1. The second-order valence-corrected chi connectivity index (χ2v) is 9.88. The van der Waals surface area contributed by atoms with Crippen LogP contribution in [-0.4, -0.2) is 71.3 Å². The lowest BCUT2D eigenvalue weighted by molar-refractivity contribution is -0.384. The Morgan fingerprint density at radius 1 is 1.05 bits per heavy atom. The van der Waals surface area contributed by atoms with E-state index in [0.29, 0.717) is 51.5 Å². The first-order valence-corrected chi connectivity index (χ1v) is 12.6. The highest BCUT2D eigenvalue weighted by molar-refractivity contribution is 7.17. The first kappa shape index (κ1) is 28.6. The molecule has 4 aromatic rings. The average molecular weight is 575 g/mol. The van der Waals surface area contributed by atoms with Crippen molar-refractivity contribution in [3.63, 3.8) is 0 Å². The molecule has 0 aliphatic heterocycles. The number of alkyl halides is 3. The number of likely N-dealkylation sites (N-methyl/N-ethyl adjacent to an activating group) is 2. The van der Waals surface area contributed by atoms with E-state index in [2.05, 4.69) is 25.5 Å². The van der Waals surface area contributed by atoms with Gasteiger partial charge in [0.2, 0.25) is 5.95 Å². The number of nitrogens with zero attached hydrogens (tertiary/aromatic N) is 7. The zero-order chi connectivity index (χ0) is 29.0. The highest BCUT2D eigenvalue weighted by Gasteiger charge is 2.30. The minimum absolute atomic E-state index is 0.119. The molecule has 11 nitrogen and oxygen atoms in total. The largest absolute Gasteiger partial charge is 0.494 e. The molecule has 0 bridgehead atoms. The van der Waals surface area contributed by atoms with Gasteiger partial charge in [-0.3, -0.25) is 10.1 Å². The monoisotopic (exact) mass is 574 g/mol. The number of benzene rings is 2. The Morgan fingerprint density at radius 2 is 1.75 bits per heavy atom. The quantitative estimate of drug-likeness (QED) is 0.196. The van der Waals surface area contributed by atoms with E-state index in [-0.39, 0.29) is 11.6 Å². The Morgan fingerprint density at radius 3 is 2.38 bits per heavy atom. The molecule has 0 unspecified atom stereocenters. The smallest absolute Gasteiger partial charge is 0.416 e. The summed E-state index contributed by atoms with van der Waals surface area (Å²) >= 11 is 1.15. The molecule has 0 spiro atoms. The van der Waals surface area contributed by atoms with E-state index in [0.717, 1.165) is 23.5 Å². The molecule has 0 atom stereocenters. The van der Waals surface area contributed by atoms with Crippen LogP contribution in [0.15, 0.2) is 48.7 Å². The van der Waals surface area contributed by atoms with E-state index < -0.39 is 16.7 Å². The van der Waals surface area contributed by atoms with Gasteiger partial charge in [-0.2, -0.15) is 13.2 Å². The summed E-state index contributed by atoms with van der Waals surface area (Å²) in [6.45, 7) is 1.26. The standard InChI is InChI=1S/C25H25F3N8O3S/c1-34(2)11-12-35(3)19-14-21(39-4)18(13-20(19)36(37)38)31-24-29-10-9-17(30-24)23-33-32-22(40-23)15-5-7-16(8-6-15)25(26,27)28/h5-10,13-14H,11-12H2,1-4H3,(H,29,30,31). The Bertz CT molecular complexity index is 1500. The number of aromatic nitrogens is 4. The number of methoxy groups -OCH3 is 1. The van der Waals surface area contributed by atoms with Gasteiger partial charge < -0.3 is 19.9 Å². The fourth-order valence-electron chi connectivity index (χ4n) is 3.65. The van der Waals surface area contributed by atoms with Crippen molar-refractivity contribution < 1.29 is 22.8 Å². The van der Waals surface area contributed by atoms with E-state index in [4.69, 9.17) is 4.74 Å². The van der Waals surface area contributed by atoms with Gasteiger partial charge in [0.05, 0.1) is 23.3 Å². The third kappa shape index (κ3) is 6.60. The van der Waals surface area contributed by atoms with Gasteiger partial charge in [-0.05, 0) is 32.3 Å². The zero-order valence-corrected chi connectivity index (χ0v) is 22.7. The van der Waals surface area contributed by atoms with Gasteiger partial charge in [0, 0.05) is 44.0 Å². The van der Waals surface area contributed by atoms with Crippen LogP contribution in [0, 0.1) is 10.1 Å². The van der Waals surface area contributed by atoms with Crippen LogP contribution in [0.2, 0.25) is 0 Å². The number of halogens is 3. The summed E-state index contributed by atoms with van der Waals surface area (Å²) in [6, 6.07) is 9.19. The summed E-state index contributed by atoms with van der Waals surface area (Å²) in [7, 11) is 7.06. The third-order valence-corrected chi connectivity index (χ3v) is 6.79. The molecular weight excluding hydrogens is 549 g/mol. The van der Waals surface area contributed by atoms with Gasteiger partial charge in [-0.15, -0.1) is 10.2 Å². The molecule has 15 heteroatoms. The first-order chi connectivity index (χ1) is 19.0. The van der Waals surface area contributed by atoms with Crippen molar-refractivity contribution in [3.05, 3.63) is 64.3 Å². The number of hydrogen-bond acceptors (Lipinski definition) is 11. The number of nitro groups is 1. The van der Waals surface area contributed by atoms with Crippen molar-refractivity contribution in [1.29, 1.82) is 0 Å². The predicted molar refractivity (Wildman–Crippen MR) is 146 cm³/mol. The van der Waals surface area contributed by atoms with Gasteiger partial charge in [-0.1, -0.05) is 23.5 Å². The summed E-state index contributed by atoms with van der Waals surface area (Å²) in [4.78, 5) is 23.8. The number of nitro benzene ring substituents is 1. The third-order valence-electron chi connectivity index (χ3n) is 5.79. The summed E-state index contributed by atoms with van der Waals surface area (Å²) in [5.41, 5.74) is 0.702. The highest BCUT2D eigenvalue weighted by atomic mass is 32.1. The molecule has 40 heavy (non-hydrogen) atoms. The Balaban J connectivity index is 1.59. The number of anilines is 3. The molecular formula is C25H25F3N8O3S. The van der Waals surface area contributed by atoms with E-state index in [1.807, 2.05) is 19.0 Å².